The fourth-order valence-electron chi connectivity index (χ4n) is 4.16. The van der Waals surface area contributed by atoms with E-state index in [-0.39, 0.29) is 39.5 Å². The third-order valence-corrected chi connectivity index (χ3v) is 5.86. The summed E-state index contributed by atoms with van der Waals surface area (Å²) in [7, 11) is 0. The van der Waals surface area contributed by atoms with Crippen LogP contribution in [0.4, 0.5) is 5.69 Å². The molecule has 1 heterocycles. The average molecular weight is 438 g/mol. The maximum Gasteiger partial charge on any atom is 0.340 e. The Morgan fingerprint density at radius 2 is 1.52 bits per heavy atom. The molecule has 4 aromatic rings. The van der Waals surface area contributed by atoms with Crippen LogP contribution in [0.5, 0.6) is 0 Å². The standard InChI is InChI=1S/C26H18N2O5/c1-13(23(29)19-12-28-20-9-5-4-6-14(19)20)33-26(32)18-11-10-17-21(22(18)27)25(31)16-8-3-2-7-15(16)24(17)30/h2-13,28H,27H2,1H3. The number of para-hydroxylation sites is 1. The molecule has 3 aromatic carbocycles. The summed E-state index contributed by atoms with van der Waals surface area (Å²) < 4.78 is 5.40. The third-order valence-electron chi connectivity index (χ3n) is 5.86. The van der Waals surface area contributed by atoms with Crippen molar-refractivity contribution in [3.05, 3.63) is 100 Å². The number of esters is 1. The van der Waals surface area contributed by atoms with Gasteiger partial charge in [0.1, 0.15) is 0 Å². The normalized spacial score (nSPS) is 13.4. The van der Waals surface area contributed by atoms with E-state index in [0.717, 1.165) is 10.9 Å². The number of hydrogen-bond donors (Lipinski definition) is 2. The summed E-state index contributed by atoms with van der Waals surface area (Å²) >= 11 is 0. The Morgan fingerprint density at radius 3 is 2.27 bits per heavy atom. The Bertz CT molecular complexity index is 1500. The van der Waals surface area contributed by atoms with Crippen LogP contribution >= 0.6 is 0 Å². The molecule has 1 aliphatic rings. The zero-order chi connectivity index (χ0) is 23.3. The van der Waals surface area contributed by atoms with Crippen molar-refractivity contribution in [2.45, 2.75) is 13.0 Å². The van der Waals surface area contributed by atoms with Crippen LogP contribution in [0.25, 0.3) is 10.9 Å². The minimum absolute atomic E-state index is 0.0243. The van der Waals surface area contributed by atoms with Crippen LogP contribution in [0.2, 0.25) is 0 Å². The number of anilines is 1. The minimum Gasteiger partial charge on any atom is -0.451 e. The van der Waals surface area contributed by atoms with Crippen molar-refractivity contribution in [3.8, 4) is 0 Å². The van der Waals surface area contributed by atoms with Gasteiger partial charge in [0.2, 0.25) is 5.78 Å². The van der Waals surface area contributed by atoms with E-state index >= 15 is 0 Å². The van der Waals surface area contributed by atoms with Gasteiger partial charge >= 0.3 is 5.97 Å². The van der Waals surface area contributed by atoms with Gasteiger partial charge < -0.3 is 15.5 Å². The summed E-state index contributed by atoms with van der Waals surface area (Å²) in [5.74, 6) is -2.00. The second kappa shape index (κ2) is 7.56. The predicted molar refractivity (Wildman–Crippen MR) is 122 cm³/mol. The molecule has 0 fully saturated rings. The quantitative estimate of drug-likeness (QED) is 0.249. The Kier molecular flexibility index (Phi) is 4.67. The number of ether oxygens (including phenoxy) is 1. The third kappa shape index (κ3) is 3.13. The first-order valence-electron chi connectivity index (χ1n) is 10.3. The van der Waals surface area contributed by atoms with Crippen molar-refractivity contribution >= 4 is 39.9 Å². The number of carbonyl (C=O) groups excluding carboxylic acids is 4. The number of aromatic nitrogens is 1. The molecule has 0 saturated carbocycles. The predicted octanol–water partition coefficient (Wildman–Crippen LogP) is 3.95. The van der Waals surface area contributed by atoms with E-state index in [9.17, 15) is 19.2 Å². The highest BCUT2D eigenvalue weighted by molar-refractivity contribution is 6.30. The van der Waals surface area contributed by atoms with E-state index in [1.165, 1.54) is 19.1 Å². The molecular weight excluding hydrogens is 420 g/mol. The molecule has 0 aliphatic heterocycles. The number of nitrogen functional groups attached to an aromatic ring is 1. The molecule has 3 N–H and O–H groups in total. The van der Waals surface area contributed by atoms with Gasteiger partial charge in [0.15, 0.2) is 17.7 Å². The molecule has 1 aromatic heterocycles. The lowest BCUT2D eigenvalue weighted by atomic mass is 9.82. The van der Waals surface area contributed by atoms with Gasteiger partial charge in [-0.25, -0.2) is 4.79 Å². The number of nitrogens with two attached hydrogens (primary N) is 1. The van der Waals surface area contributed by atoms with Gasteiger partial charge in [0.05, 0.1) is 16.8 Å². The van der Waals surface area contributed by atoms with Crippen molar-refractivity contribution in [2.75, 3.05) is 5.73 Å². The lowest BCUT2D eigenvalue weighted by Gasteiger charge is -2.20. The number of ketones is 3. The monoisotopic (exact) mass is 438 g/mol. The second-order valence-electron chi connectivity index (χ2n) is 7.81. The van der Waals surface area contributed by atoms with Crippen molar-refractivity contribution < 1.29 is 23.9 Å². The van der Waals surface area contributed by atoms with Gasteiger partial charge in [0.25, 0.3) is 0 Å². The molecule has 1 aliphatic carbocycles. The summed E-state index contributed by atoms with van der Waals surface area (Å²) in [6.07, 6.45) is 0.483. The molecular formula is C26H18N2O5. The average Bonchev–Trinajstić information content (AvgIpc) is 3.26. The van der Waals surface area contributed by atoms with E-state index < -0.39 is 17.9 Å². The molecule has 0 radical (unpaired) electrons. The first kappa shape index (κ1) is 20.4. The number of H-pyrrole nitrogens is 1. The van der Waals surface area contributed by atoms with Crippen LogP contribution in [-0.2, 0) is 4.74 Å². The van der Waals surface area contributed by atoms with Crippen LogP contribution in [0.15, 0.2) is 66.9 Å². The Balaban J connectivity index is 1.44. The number of hydrogen-bond acceptors (Lipinski definition) is 6. The summed E-state index contributed by atoms with van der Waals surface area (Å²) in [5.41, 5.74) is 7.79. The first-order valence-corrected chi connectivity index (χ1v) is 10.3. The largest absolute Gasteiger partial charge is 0.451 e. The number of Topliss-reactive ketones (excluding diaryl/α,β-unsaturated/α-hetero) is 1. The lowest BCUT2D eigenvalue weighted by molar-refractivity contribution is 0.0320. The fraction of sp³-hybridized carbons (Fsp3) is 0.0769. The van der Waals surface area contributed by atoms with E-state index in [1.807, 2.05) is 18.2 Å². The highest BCUT2D eigenvalue weighted by Crippen LogP contribution is 2.33. The van der Waals surface area contributed by atoms with E-state index in [0.29, 0.717) is 11.1 Å². The maximum absolute atomic E-state index is 13.0. The molecule has 1 atom stereocenters. The topological polar surface area (TPSA) is 119 Å². The van der Waals surface area contributed by atoms with Crippen LogP contribution in [-0.4, -0.2) is 34.4 Å². The number of aromatic amines is 1. The highest BCUT2D eigenvalue weighted by Gasteiger charge is 2.33. The van der Waals surface area contributed by atoms with Gasteiger partial charge in [-0.05, 0) is 25.1 Å². The van der Waals surface area contributed by atoms with Gasteiger partial charge in [0, 0.05) is 39.4 Å². The smallest absolute Gasteiger partial charge is 0.340 e. The van der Waals surface area contributed by atoms with Crippen molar-refractivity contribution in [1.82, 2.24) is 4.98 Å². The second-order valence-corrected chi connectivity index (χ2v) is 7.81. The van der Waals surface area contributed by atoms with Crippen molar-refractivity contribution in [2.24, 2.45) is 0 Å². The molecule has 1 unspecified atom stereocenters. The molecule has 0 saturated heterocycles. The van der Waals surface area contributed by atoms with Gasteiger partial charge in [-0.2, -0.15) is 0 Å². The van der Waals surface area contributed by atoms with Crippen LogP contribution < -0.4 is 5.73 Å². The van der Waals surface area contributed by atoms with Gasteiger partial charge in [-0.1, -0.05) is 42.5 Å². The summed E-state index contributed by atoms with van der Waals surface area (Å²) in [6.45, 7) is 1.47. The molecule has 0 amide bonds. The fourth-order valence-corrected chi connectivity index (χ4v) is 4.16. The first-order chi connectivity index (χ1) is 15.9. The molecule has 162 valence electrons. The lowest BCUT2D eigenvalue weighted by Crippen LogP contribution is -2.27. The van der Waals surface area contributed by atoms with Gasteiger partial charge in [-0.15, -0.1) is 0 Å². The van der Waals surface area contributed by atoms with Crippen LogP contribution in [0, 0.1) is 0 Å². The zero-order valence-corrected chi connectivity index (χ0v) is 17.5. The van der Waals surface area contributed by atoms with Crippen LogP contribution in [0.3, 0.4) is 0 Å². The number of nitrogens with one attached hydrogen (secondary N) is 1. The Labute approximate surface area is 188 Å². The zero-order valence-electron chi connectivity index (χ0n) is 17.5. The SMILES string of the molecule is CC(OC(=O)c1ccc2c(c1N)C(=O)c1ccccc1C2=O)C(=O)c1c[nH]c2ccccc12. The molecule has 0 spiro atoms. The molecule has 7 nitrogen and oxygen atoms in total. The van der Waals surface area contributed by atoms with E-state index in [1.54, 1.807) is 36.5 Å². The van der Waals surface area contributed by atoms with Crippen molar-refractivity contribution in [3.63, 3.8) is 0 Å². The Morgan fingerprint density at radius 1 is 0.848 bits per heavy atom. The number of benzene rings is 3. The van der Waals surface area contributed by atoms with E-state index in [4.69, 9.17) is 10.5 Å². The molecule has 0 bridgehead atoms. The highest BCUT2D eigenvalue weighted by atomic mass is 16.5. The number of carbonyl (C=O) groups is 4. The van der Waals surface area contributed by atoms with E-state index in [2.05, 4.69) is 4.98 Å². The maximum atomic E-state index is 13.0. The molecule has 33 heavy (non-hydrogen) atoms. The summed E-state index contributed by atoms with van der Waals surface area (Å²) in [4.78, 5) is 54.6. The van der Waals surface area contributed by atoms with Crippen LogP contribution in [0.1, 0.15) is 59.5 Å². The number of fused-ring (bicyclic) bond motifs is 3. The molecule has 7 heteroatoms. The molecule has 5 rings (SSSR count). The summed E-state index contributed by atoms with van der Waals surface area (Å²) in [6, 6.07) is 16.5. The van der Waals surface area contributed by atoms with Gasteiger partial charge in [-0.3, -0.25) is 14.4 Å². The number of rotatable bonds is 4. The van der Waals surface area contributed by atoms with Crippen molar-refractivity contribution in [1.29, 1.82) is 0 Å². The summed E-state index contributed by atoms with van der Waals surface area (Å²) in [5, 5.41) is 0.724. The Hall–Kier alpha value is -4.52. The minimum atomic E-state index is -1.09.